The van der Waals surface area contributed by atoms with E-state index in [4.69, 9.17) is 50.8 Å². The van der Waals surface area contributed by atoms with E-state index in [-0.39, 0.29) is 34.1 Å². The molecule has 20 nitrogen and oxygen atoms in total. The lowest BCUT2D eigenvalue weighted by atomic mass is 9.99. The molecule has 248 valence electrons. The number of fused-ring (bicyclic) bond motifs is 5. The second-order valence-corrected chi connectivity index (χ2v) is 16.1. The van der Waals surface area contributed by atoms with Crippen molar-refractivity contribution in [3.05, 3.63) is 29.3 Å². The average molecular weight is 723 g/mol. The van der Waals surface area contributed by atoms with E-state index in [1.54, 1.807) is 0 Å². The lowest BCUT2D eigenvalue weighted by Gasteiger charge is -2.28. The van der Waals surface area contributed by atoms with Crippen LogP contribution in [-0.4, -0.2) is 99.4 Å². The predicted molar refractivity (Wildman–Crippen MR) is 160 cm³/mol. The van der Waals surface area contributed by atoms with Gasteiger partial charge in [0.25, 0.3) is 5.56 Å². The van der Waals surface area contributed by atoms with Crippen molar-refractivity contribution in [2.24, 2.45) is 5.92 Å². The summed E-state index contributed by atoms with van der Waals surface area (Å²) in [5.41, 5.74) is 11.2. The minimum Gasteiger partial charge on any atom is -0.396 e. The van der Waals surface area contributed by atoms with Crippen LogP contribution in [0.4, 0.5) is 16.2 Å². The molecule has 0 aromatic carbocycles. The molecule has 0 amide bonds. The third kappa shape index (κ3) is 5.63. The lowest BCUT2D eigenvalue weighted by Crippen LogP contribution is -2.34. The standard InChI is InChI=1S/C21H25FN10O10P2S2/c22-10-14-9(40-19(10)31-5-27-11-15(23)25-4-26-16(11)31)3-38-43(35,45)41-13-7(1-33)8(2-37-44(36,46)42-14)39-20(13)32-6-28-12-17(32)29-21(24)30-18(12)34/h4-10,13-14,19-20,33H,1-3H2,(H,35,45)(H,36,46)(H2,23,25,26)(H3,24,29,30,34). The number of nitrogens with two attached hydrogens (primary N) is 2. The van der Waals surface area contributed by atoms with Gasteiger partial charge in [-0.2, -0.15) is 4.98 Å². The van der Waals surface area contributed by atoms with E-state index >= 15 is 4.39 Å². The number of nitrogens with one attached hydrogen (secondary N) is 1. The number of nitrogens with zero attached hydrogens (tertiary/aromatic N) is 7. The lowest BCUT2D eigenvalue weighted by molar-refractivity contribution is -0.0585. The monoisotopic (exact) mass is 722 g/mol. The molecule has 10 unspecified atom stereocenters. The first-order chi connectivity index (χ1) is 21.9. The Morgan fingerprint density at radius 3 is 2.48 bits per heavy atom. The second kappa shape index (κ2) is 11.8. The van der Waals surface area contributed by atoms with E-state index in [1.165, 1.54) is 28.1 Å². The number of hydrogen-bond donors (Lipinski definition) is 6. The van der Waals surface area contributed by atoms with Crippen LogP contribution >= 0.6 is 25.8 Å². The molecule has 3 aliphatic rings. The van der Waals surface area contributed by atoms with Gasteiger partial charge < -0.3 is 40.0 Å². The first kappa shape index (κ1) is 31.9. The molecule has 2 bridgehead atoms. The fourth-order valence-electron chi connectivity index (χ4n) is 5.59. The third-order valence-corrected chi connectivity index (χ3v) is 10.8. The Bertz CT molecular complexity index is 1970. The molecule has 0 aliphatic carbocycles. The quantitative estimate of drug-likeness (QED) is 0.119. The Kier molecular flexibility index (Phi) is 8.18. The topological polar surface area (TPSA) is 272 Å². The number of ether oxygens (including phenoxy) is 2. The van der Waals surface area contributed by atoms with E-state index < -0.39 is 87.9 Å². The van der Waals surface area contributed by atoms with Crippen molar-refractivity contribution in [3.8, 4) is 0 Å². The van der Waals surface area contributed by atoms with Gasteiger partial charge in [-0.05, 0) is 11.8 Å². The van der Waals surface area contributed by atoms with Crippen molar-refractivity contribution in [1.82, 2.24) is 39.0 Å². The second-order valence-electron chi connectivity index (χ2n) is 10.4. The van der Waals surface area contributed by atoms with Gasteiger partial charge in [0.1, 0.15) is 30.2 Å². The van der Waals surface area contributed by atoms with Crippen molar-refractivity contribution >= 4 is 71.7 Å². The maximum Gasteiger partial charge on any atom is 0.386 e. The zero-order valence-corrected chi connectivity index (χ0v) is 26.5. The summed E-state index contributed by atoms with van der Waals surface area (Å²) in [6, 6.07) is 0. The summed E-state index contributed by atoms with van der Waals surface area (Å²) >= 11 is 9.34. The van der Waals surface area contributed by atoms with Gasteiger partial charge in [0, 0.05) is 5.92 Å². The molecule has 0 saturated carbocycles. The van der Waals surface area contributed by atoms with Gasteiger partial charge in [-0.1, -0.05) is 12.2 Å². The van der Waals surface area contributed by atoms with Gasteiger partial charge in [0.05, 0.1) is 38.6 Å². The van der Waals surface area contributed by atoms with Crippen molar-refractivity contribution < 1.29 is 46.5 Å². The Morgan fingerprint density at radius 1 is 1.02 bits per heavy atom. The fourth-order valence-corrected chi connectivity index (χ4v) is 8.51. The molecule has 3 fully saturated rings. The molecule has 4 aromatic heterocycles. The highest BCUT2D eigenvalue weighted by atomic mass is 32.7. The van der Waals surface area contributed by atoms with Crippen LogP contribution < -0.4 is 17.0 Å². The summed E-state index contributed by atoms with van der Waals surface area (Å²) in [7, 11) is 0. The number of aliphatic hydroxyl groups is 1. The van der Waals surface area contributed by atoms with Crippen LogP contribution in [0.2, 0.25) is 0 Å². The molecule has 10 atom stereocenters. The summed E-state index contributed by atoms with van der Waals surface area (Å²) in [5.74, 6) is -1.14. The van der Waals surface area contributed by atoms with Crippen LogP contribution in [0.5, 0.6) is 0 Å². The molecule has 25 heteroatoms. The summed E-state index contributed by atoms with van der Waals surface area (Å²) in [4.78, 5) is 46.2. The van der Waals surface area contributed by atoms with Crippen molar-refractivity contribution in [2.75, 3.05) is 31.3 Å². The van der Waals surface area contributed by atoms with E-state index in [1.807, 2.05) is 0 Å². The van der Waals surface area contributed by atoms with E-state index in [2.05, 4.69) is 42.2 Å². The number of anilines is 2. The molecule has 3 saturated heterocycles. The number of halogens is 1. The Hall–Kier alpha value is -2.66. The highest BCUT2D eigenvalue weighted by molar-refractivity contribution is 8.44. The molecule has 4 aromatic rings. The molecular formula is C21H25FN10O10P2S2. The summed E-state index contributed by atoms with van der Waals surface area (Å²) in [6.07, 6.45) is -6.37. The molecule has 0 spiro atoms. The Labute approximate surface area is 266 Å². The van der Waals surface area contributed by atoms with Crippen molar-refractivity contribution in [2.45, 2.75) is 43.0 Å². The van der Waals surface area contributed by atoms with Crippen LogP contribution in [0, 0.1) is 5.92 Å². The number of aromatic amines is 1. The largest absolute Gasteiger partial charge is 0.396 e. The maximum atomic E-state index is 16.1. The highest BCUT2D eigenvalue weighted by Crippen LogP contribution is 2.59. The maximum absolute atomic E-state index is 16.1. The van der Waals surface area contributed by atoms with Gasteiger partial charge in [0.2, 0.25) is 5.95 Å². The normalized spacial score (nSPS) is 37.1. The van der Waals surface area contributed by atoms with Gasteiger partial charge in [-0.25, -0.2) is 28.9 Å². The van der Waals surface area contributed by atoms with Crippen molar-refractivity contribution in [1.29, 1.82) is 0 Å². The number of H-pyrrole nitrogens is 1. The predicted octanol–water partition coefficient (Wildman–Crippen LogP) is -0.0628. The van der Waals surface area contributed by atoms with E-state index in [0.29, 0.717) is 0 Å². The van der Waals surface area contributed by atoms with Gasteiger partial charge in [-0.3, -0.25) is 28.0 Å². The smallest absolute Gasteiger partial charge is 0.386 e. The Morgan fingerprint density at radius 2 is 1.72 bits per heavy atom. The number of rotatable bonds is 3. The third-order valence-electron chi connectivity index (χ3n) is 7.67. The first-order valence-electron chi connectivity index (χ1n) is 13.4. The van der Waals surface area contributed by atoms with Crippen LogP contribution in [0.25, 0.3) is 22.3 Å². The van der Waals surface area contributed by atoms with Crippen LogP contribution in [0.1, 0.15) is 12.5 Å². The summed E-state index contributed by atoms with van der Waals surface area (Å²) in [5, 5.41) is 10.3. The summed E-state index contributed by atoms with van der Waals surface area (Å²) in [6.45, 7) is -10.3. The molecule has 0 radical (unpaired) electrons. The first-order valence-corrected chi connectivity index (χ1v) is 18.7. The number of nitrogen functional groups attached to an aromatic ring is 2. The zero-order valence-electron chi connectivity index (χ0n) is 23.0. The van der Waals surface area contributed by atoms with Crippen molar-refractivity contribution in [3.63, 3.8) is 0 Å². The zero-order chi connectivity index (χ0) is 32.5. The molecule has 46 heavy (non-hydrogen) atoms. The number of aromatic nitrogens is 8. The van der Waals surface area contributed by atoms with E-state index in [9.17, 15) is 19.4 Å². The Balaban J connectivity index is 1.22. The molecule has 3 aliphatic heterocycles. The minimum atomic E-state index is -4.38. The number of aliphatic hydroxyl groups excluding tert-OH is 1. The van der Waals surface area contributed by atoms with Gasteiger partial charge in [0.15, 0.2) is 41.3 Å². The van der Waals surface area contributed by atoms with E-state index in [0.717, 1.165) is 0 Å². The number of thiol groups is 1. The molecular weight excluding hydrogens is 697 g/mol. The summed E-state index contributed by atoms with van der Waals surface area (Å²) < 4.78 is 66.6. The number of alkyl halides is 1. The van der Waals surface area contributed by atoms with Crippen LogP contribution in [0.3, 0.4) is 0 Å². The highest BCUT2D eigenvalue weighted by Gasteiger charge is 2.53. The molecule has 7 rings (SSSR count). The average Bonchev–Trinajstić information content (AvgIpc) is 3.75. The number of hydrogen-bond acceptors (Lipinski definition) is 17. The minimum absolute atomic E-state index is 0.00383. The van der Waals surface area contributed by atoms with Crippen LogP contribution in [0.15, 0.2) is 23.8 Å². The van der Waals surface area contributed by atoms with Gasteiger partial charge in [-0.15, -0.1) is 0 Å². The molecule has 7 heterocycles. The van der Waals surface area contributed by atoms with Gasteiger partial charge >= 0.3 is 13.5 Å². The molecule has 7 N–H and O–H groups in total. The van der Waals surface area contributed by atoms with Crippen LogP contribution in [-0.2, 0) is 43.9 Å². The number of imidazole rings is 2. The fraction of sp³-hybridized carbons (Fsp3) is 0.524. The SMILES string of the molecule is Nc1nc2c(ncn2C2OC3COP(=O)(S)OC4C(COP(O)(=S)OC2C3CO)OC(n2cnc3c(N)ncnc32)C4F)c(=O)[nH]1.